The van der Waals surface area contributed by atoms with Crippen LogP contribution >= 0.6 is 0 Å². The number of benzene rings is 3. The number of aromatic amines is 1. The van der Waals surface area contributed by atoms with Crippen LogP contribution in [0.15, 0.2) is 72.3 Å². The molecule has 0 saturated heterocycles. The fraction of sp³-hybridized carbons (Fsp3) is 0.167. The molecule has 0 spiro atoms. The number of hydrogen-bond donors (Lipinski definition) is 2. The number of nitrogens with one attached hydrogen (secondary N) is 2. The summed E-state index contributed by atoms with van der Waals surface area (Å²) in [7, 11) is 0. The molecule has 40 heavy (non-hydrogen) atoms. The molecule has 4 rings (SSSR count). The van der Waals surface area contributed by atoms with E-state index in [-0.39, 0.29) is 29.4 Å². The Kier molecular flexibility index (Phi) is 8.24. The van der Waals surface area contributed by atoms with E-state index in [0.29, 0.717) is 22.2 Å². The number of aromatic nitrogens is 1. The highest BCUT2D eigenvalue weighted by Crippen LogP contribution is 2.32. The molecule has 10 heteroatoms. The minimum absolute atomic E-state index is 0.0203. The molecule has 3 aromatic carbocycles. The van der Waals surface area contributed by atoms with Crippen LogP contribution in [-0.2, 0) is 11.0 Å². The highest BCUT2D eigenvalue weighted by molar-refractivity contribution is 6.20. The van der Waals surface area contributed by atoms with Crippen molar-refractivity contribution in [1.29, 1.82) is 5.26 Å². The highest BCUT2D eigenvalue weighted by Gasteiger charge is 2.30. The molecule has 1 amide bonds. The maximum Gasteiger partial charge on any atom is 0.416 e. The standard InChI is InChI=1S/C30H24F3N3O4/c1-3-39-26-14-19(13-20(16-34)29(38)28-18(2)35-24-10-5-4-9-23(24)28)11-12-25(26)40-17-27(37)36-22-8-6-7-21(15-22)30(31,32)33/h4-15,35H,3,17H2,1-2H3,(H,36,37)/b20-13+. The highest BCUT2D eigenvalue weighted by atomic mass is 19.4. The van der Waals surface area contributed by atoms with Gasteiger partial charge in [-0.3, -0.25) is 9.59 Å². The smallest absolute Gasteiger partial charge is 0.416 e. The number of rotatable bonds is 9. The molecule has 0 aliphatic carbocycles. The molecule has 7 nitrogen and oxygen atoms in total. The lowest BCUT2D eigenvalue weighted by Crippen LogP contribution is -2.20. The molecule has 0 saturated carbocycles. The summed E-state index contributed by atoms with van der Waals surface area (Å²) in [4.78, 5) is 28.8. The van der Waals surface area contributed by atoms with Gasteiger partial charge in [-0.15, -0.1) is 0 Å². The van der Waals surface area contributed by atoms with Crippen molar-refractivity contribution in [3.63, 3.8) is 0 Å². The monoisotopic (exact) mass is 547 g/mol. The van der Waals surface area contributed by atoms with Crippen molar-refractivity contribution in [2.24, 2.45) is 0 Å². The number of anilines is 1. The van der Waals surface area contributed by atoms with Crippen LogP contribution in [0.3, 0.4) is 0 Å². The minimum atomic E-state index is -4.54. The summed E-state index contributed by atoms with van der Waals surface area (Å²) in [5, 5.41) is 12.9. The van der Waals surface area contributed by atoms with Crippen molar-refractivity contribution < 1.29 is 32.2 Å². The van der Waals surface area contributed by atoms with Gasteiger partial charge in [-0.05, 0) is 61.9 Å². The first kappa shape index (κ1) is 28.0. The largest absolute Gasteiger partial charge is 0.490 e. The molecule has 4 aromatic rings. The number of allylic oxidation sites excluding steroid dienone is 1. The van der Waals surface area contributed by atoms with Gasteiger partial charge in [0.2, 0.25) is 5.78 Å². The molecule has 0 atom stereocenters. The van der Waals surface area contributed by atoms with Crippen molar-refractivity contribution in [3.8, 4) is 17.6 Å². The maximum atomic E-state index is 13.3. The Morgan fingerprint density at radius 1 is 1.02 bits per heavy atom. The van der Waals surface area contributed by atoms with E-state index in [1.807, 2.05) is 30.3 Å². The number of halogens is 3. The van der Waals surface area contributed by atoms with Gasteiger partial charge in [0, 0.05) is 22.3 Å². The Morgan fingerprint density at radius 2 is 1.80 bits per heavy atom. The van der Waals surface area contributed by atoms with Crippen LogP contribution in [0, 0.1) is 18.3 Å². The number of ether oxygens (including phenoxy) is 2. The van der Waals surface area contributed by atoms with Crippen LogP contribution in [0.5, 0.6) is 11.5 Å². The number of carbonyl (C=O) groups is 2. The summed E-state index contributed by atoms with van der Waals surface area (Å²) >= 11 is 0. The normalized spacial score (nSPS) is 11.7. The number of amides is 1. The maximum absolute atomic E-state index is 13.3. The second-order valence-electron chi connectivity index (χ2n) is 8.72. The Morgan fingerprint density at radius 3 is 2.52 bits per heavy atom. The molecule has 0 aliphatic rings. The van der Waals surface area contributed by atoms with Crippen molar-refractivity contribution in [2.45, 2.75) is 20.0 Å². The third-order valence-electron chi connectivity index (χ3n) is 5.90. The van der Waals surface area contributed by atoms with Gasteiger partial charge in [0.25, 0.3) is 5.91 Å². The number of carbonyl (C=O) groups excluding carboxylic acids is 2. The van der Waals surface area contributed by atoms with Gasteiger partial charge in [0.05, 0.1) is 17.7 Å². The second-order valence-corrected chi connectivity index (χ2v) is 8.72. The Bertz CT molecular complexity index is 1650. The number of fused-ring (bicyclic) bond motifs is 1. The summed E-state index contributed by atoms with van der Waals surface area (Å²) < 4.78 is 50.0. The van der Waals surface area contributed by atoms with E-state index >= 15 is 0 Å². The molecule has 0 fully saturated rings. The van der Waals surface area contributed by atoms with Crippen LogP contribution in [0.2, 0.25) is 0 Å². The fourth-order valence-corrected chi connectivity index (χ4v) is 4.13. The number of aryl methyl sites for hydroxylation is 1. The molecular formula is C30H24F3N3O4. The van der Waals surface area contributed by atoms with Gasteiger partial charge >= 0.3 is 6.18 Å². The third-order valence-corrected chi connectivity index (χ3v) is 5.90. The van der Waals surface area contributed by atoms with Crippen molar-refractivity contribution in [2.75, 3.05) is 18.5 Å². The van der Waals surface area contributed by atoms with Crippen LogP contribution < -0.4 is 14.8 Å². The zero-order valence-electron chi connectivity index (χ0n) is 21.6. The summed E-state index contributed by atoms with van der Waals surface area (Å²) in [5.74, 6) is -0.633. The van der Waals surface area contributed by atoms with E-state index in [0.717, 1.165) is 17.6 Å². The molecule has 1 heterocycles. The number of ketones is 1. The lowest BCUT2D eigenvalue weighted by Gasteiger charge is -2.13. The van der Waals surface area contributed by atoms with E-state index < -0.39 is 30.0 Å². The predicted octanol–water partition coefficient (Wildman–Crippen LogP) is 6.70. The van der Waals surface area contributed by atoms with Crippen LogP contribution in [-0.4, -0.2) is 29.9 Å². The topological polar surface area (TPSA) is 104 Å². The van der Waals surface area contributed by atoms with E-state index in [9.17, 15) is 28.0 Å². The Labute approximate surface area is 227 Å². The summed E-state index contributed by atoms with van der Waals surface area (Å²) in [5.41, 5.74) is 1.36. The van der Waals surface area contributed by atoms with E-state index in [1.54, 1.807) is 26.0 Å². The number of hydrogen-bond acceptors (Lipinski definition) is 5. The number of nitrogens with zero attached hydrogens (tertiary/aromatic N) is 1. The minimum Gasteiger partial charge on any atom is -0.490 e. The van der Waals surface area contributed by atoms with Gasteiger partial charge in [-0.1, -0.05) is 30.3 Å². The fourth-order valence-electron chi connectivity index (χ4n) is 4.13. The van der Waals surface area contributed by atoms with E-state index in [2.05, 4.69) is 10.3 Å². The Hall–Kier alpha value is -5.04. The first-order valence-corrected chi connectivity index (χ1v) is 12.2. The van der Waals surface area contributed by atoms with Gasteiger partial charge in [-0.2, -0.15) is 18.4 Å². The number of Topliss-reactive ketones (excluding diaryl/α,β-unsaturated/α-hetero) is 1. The summed E-state index contributed by atoms with van der Waals surface area (Å²) in [6.07, 6.45) is -3.10. The molecule has 0 aliphatic heterocycles. The molecule has 2 N–H and O–H groups in total. The number of para-hydroxylation sites is 1. The SMILES string of the molecule is CCOc1cc(/C=C(\C#N)C(=O)c2c(C)[nH]c3ccccc23)ccc1OCC(=O)Nc1cccc(C(F)(F)F)c1. The summed E-state index contributed by atoms with van der Waals surface area (Å²) in [6, 6.07) is 18.2. The first-order chi connectivity index (χ1) is 19.1. The first-order valence-electron chi connectivity index (χ1n) is 12.2. The van der Waals surface area contributed by atoms with Gasteiger partial charge in [0.15, 0.2) is 18.1 Å². The molecule has 204 valence electrons. The van der Waals surface area contributed by atoms with Gasteiger partial charge in [0.1, 0.15) is 11.6 Å². The van der Waals surface area contributed by atoms with E-state index in [1.165, 1.54) is 24.3 Å². The average Bonchev–Trinajstić information content (AvgIpc) is 3.26. The zero-order valence-corrected chi connectivity index (χ0v) is 21.6. The quantitative estimate of drug-likeness (QED) is 0.138. The van der Waals surface area contributed by atoms with Crippen molar-refractivity contribution in [1.82, 2.24) is 4.98 Å². The summed E-state index contributed by atoms with van der Waals surface area (Å²) in [6.45, 7) is 3.28. The molecular weight excluding hydrogens is 523 g/mol. The predicted molar refractivity (Wildman–Crippen MR) is 144 cm³/mol. The van der Waals surface area contributed by atoms with Crippen molar-refractivity contribution >= 4 is 34.4 Å². The number of H-pyrrole nitrogens is 1. The molecule has 0 unspecified atom stereocenters. The average molecular weight is 548 g/mol. The second kappa shape index (κ2) is 11.8. The van der Waals surface area contributed by atoms with E-state index in [4.69, 9.17) is 9.47 Å². The lowest BCUT2D eigenvalue weighted by molar-refractivity contribution is -0.137. The Balaban J connectivity index is 1.51. The van der Waals surface area contributed by atoms with Crippen LogP contribution in [0.4, 0.5) is 18.9 Å². The van der Waals surface area contributed by atoms with Gasteiger partial charge < -0.3 is 19.8 Å². The molecule has 0 bridgehead atoms. The van der Waals surface area contributed by atoms with Gasteiger partial charge in [-0.25, -0.2) is 0 Å². The number of nitriles is 1. The molecule has 0 radical (unpaired) electrons. The number of alkyl halides is 3. The van der Waals surface area contributed by atoms with Crippen molar-refractivity contribution in [3.05, 3.63) is 94.7 Å². The molecule has 1 aromatic heterocycles. The third kappa shape index (κ3) is 6.32. The lowest BCUT2D eigenvalue weighted by atomic mass is 9.99. The van der Waals surface area contributed by atoms with Crippen LogP contribution in [0.1, 0.15) is 34.1 Å². The van der Waals surface area contributed by atoms with Crippen LogP contribution in [0.25, 0.3) is 17.0 Å². The zero-order chi connectivity index (χ0) is 28.9.